The third-order valence-corrected chi connectivity index (χ3v) is 12.1. The average molecular weight is 1070 g/mol. The fourth-order valence-corrected chi connectivity index (χ4v) is 8.60. The Hall–Kier alpha value is -7.20. The zero-order valence-corrected chi connectivity index (χ0v) is 44.2. The maximum atomic E-state index is 14.3. The van der Waals surface area contributed by atoms with Crippen LogP contribution in [0.5, 0.6) is 5.75 Å². The van der Waals surface area contributed by atoms with Gasteiger partial charge in [-0.05, 0) is 102 Å². The number of fused-ring (bicyclic) bond motifs is 2. The van der Waals surface area contributed by atoms with E-state index in [0.717, 1.165) is 10.5 Å². The number of carboxylic acids is 1. The lowest BCUT2D eigenvalue weighted by atomic mass is 9.83. The van der Waals surface area contributed by atoms with Gasteiger partial charge in [0.1, 0.15) is 29.5 Å². The molecule has 414 valence electrons. The summed E-state index contributed by atoms with van der Waals surface area (Å²) in [6.07, 6.45) is -3.36. The number of anilines is 1. The van der Waals surface area contributed by atoms with Crippen LogP contribution in [-0.2, 0) is 40.0 Å². The molecule has 76 heavy (non-hydrogen) atoms. The Bertz CT molecular complexity index is 2600. The first-order valence-corrected chi connectivity index (χ1v) is 25.2. The molecule has 0 spiro atoms. The van der Waals surface area contributed by atoms with Gasteiger partial charge in [-0.3, -0.25) is 43.3 Å². The van der Waals surface area contributed by atoms with Crippen LogP contribution in [0.25, 0.3) is 0 Å². The molecule has 0 saturated carbocycles. The minimum atomic E-state index is -5.08. The van der Waals surface area contributed by atoms with E-state index in [1.54, 1.807) is 42.5 Å². The van der Waals surface area contributed by atoms with Crippen molar-refractivity contribution in [2.45, 2.75) is 136 Å². The number of benzene rings is 3. The summed E-state index contributed by atoms with van der Waals surface area (Å²) in [5.41, 5.74) is 14.4. The number of rotatable bonds is 21. The van der Waals surface area contributed by atoms with E-state index in [4.69, 9.17) is 26.1 Å². The molecular formula is C54H71F3N8O11. The minimum Gasteiger partial charge on any atom is -0.488 e. The van der Waals surface area contributed by atoms with E-state index in [1.165, 1.54) is 11.8 Å². The molecule has 1 aliphatic heterocycles. The first-order chi connectivity index (χ1) is 35.5. The molecule has 9 N–H and O–H groups in total. The number of carboxylic acid groups (broad SMARTS) is 1. The molecule has 1 aliphatic carbocycles. The number of nitrogens with two attached hydrogens (primary N) is 2. The number of ether oxygens (including phenoxy) is 1. The zero-order chi connectivity index (χ0) is 56.8. The van der Waals surface area contributed by atoms with Gasteiger partial charge in [-0.1, -0.05) is 76.2 Å². The van der Waals surface area contributed by atoms with E-state index in [-0.39, 0.29) is 91.9 Å². The largest absolute Gasteiger partial charge is 0.490 e. The average Bonchev–Trinajstić information content (AvgIpc) is 3.84. The SMILES string of the molecule is CC(C)C[C@H](NC(=O)[C@@H](N)Cc1ccc(OC(C)(C)C)cc1)C(=O)NCC(=O)N[C@@H](CC(C)C)C(=O)N1CCC[C@H]1C(=O)N(CCCNc1cccc2c1C(=O)c1ccccc1C2=O)C(=O)[C@H](C)N.O=C(O)C(F)(F)F. The summed E-state index contributed by atoms with van der Waals surface area (Å²) in [5, 5.41) is 18.4. The number of amides is 6. The molecule has 0 bridgehead atoms. The summed E-state index contributed by atoms with van der Waals surface area (Å²) < 4.78 is 37.6. The molecule has 3 aromatic carbocycles. The van der Waals surface area contributed by atoms with E-state index in [2.05, 4.69) is 21.3 Å². The van der Waals surface area contributed by atoms with Gasteiger partial charge < -0.3 is 47.5 Å². The van der Waals surface area contributed by atoms with Crippen LogP contribution in [0.2, 0.25) is 0 Å². The van der Waals surface area contributed by atoms with Gasteiger partial charge in [0, 0.05) is 42.0 Å². The van der Waals surface area contributed by atoms with Crippen molar-refractivity contribution in [3.63, 3.8) is 0 Å². The summed E-state index contributed by atoms with van der Waals surface area (Å²) in [4.78, 5) is 120. The predicted molar refractivity (Wildman–Crippen MR) is 276 cm³/mol. The van der Waals surface area contributed by atoms with E-state index in [9.17, 15) is 51.5 Å². The molecule has 6 amide bonds. The quantitative estimate of drug-likeness (QED) is 0.0566. The van der Waals surface area contributed by atoms with Gasteiger partial charge >= 0.3 is 12.1 Å². The summed E-state index contributed by atoms with van der Waals surface area (Å²) in [6, 6.07) is 13.9. The maximum absolute atomic E-state index is 14.3. The van der Waals surface area contributed by atoms with Crippen molar-refractivity contribution < 1.29 is 66.2 Å². The topological polar surface area (TPSA) is 290 Å². The summed E-state index contributed by atoms with van der Waals surface area (Å²) >= 11 is 0. The number of nitrogens with one attached hydrogen (secondary N) is 4. The summed E-state index contributed by atoms with van der Waals surface area (Å²) in [7, 11) is 0. The van der Waals surface area contributed by atoms with Crippen molar-refractivity contribution in [3.05, 3.63) is 94.5 Å². The lowest BCUT2D eigenvalue weighted by molar-refractivity contribution is -0.192. The fourth-order valence-electron chi connectivity index (χ4n) is 8.60. The van der Waals surface area contributed by atoms with E-state index < -0.39 is 84.3 Å². The van der Waals surface area contributed by atoms with Crippen LogP contribution in [0.3, 0.4) is 0 Å². The summed E-state index contributed by atoms with van der Waals surface area (Å²) in [6.45, 7) is 14.8. The second-order valence-electron chi connectivity index (χ2n) is 20.6. The third-order valence-electron chi connectivity index (χ3n) is 12.1. The Kier molecular flexibility index (Phi) is 21.8. The van der Waals surface area contributed by atoms with Crippen molar-refractivity contribution in [1.29, 1.82) is 0 Å². The number of alkyl halides is 3. The molecule has 0 unspecified atom stereocenters. The smallest absolute Gasteiger partial charge is 0.488 e. The molecule has 22 heteroatoms. The molecule has 5 rings (SSSR count). The Morgan fingerprint density at radius 1 is 0.789 bits per heavy atom. The molecule has 1 heterocycles. The van der Waals surface area contributed by atoms with Crippen LogP contribution in [0, 0.1) is 11.8 Å². The fraction of sp³-hybridized carbons (Fsp3) is 0.500. The third kappa shape index (κ3) is 17.4. The number of hydrogen-bond donors (Lipinski definition) is 7. The number of hydrogen-bond acceptors (Lipinski definition) is 13. The van der Waals surface area contributed by atoms with E-state index in [0.29, 0.717) is 29.0 Å². The van der Waals surface area contributed by atoms with Gasteiger partial charge in [-0.25, -0.2) is 4.79 Å². The molecule has 1 saturated heterocycles. The predicted octanol–water partition coefficient (Wildman–Crippen LogP) is 4.52. The Morgan fingerprint density at radius 2 is 1.37 bits per heavy atom. The molecule has 0 aromatic heterocycles. The van der Waals surface area contributed by atoms with Gasteiger partial charge in [0.25, 0.3) is 5.91 Å². The lowest BCUT2D eigenvalue weighted by Gasteiger charge is -2.33. The number of ketones is 2. The normalized spacial score (nSPS) is 15.7. The van der Waals surface area contributed by atoms with Crippen molar-refractivity contribution in [3.8, 4) is 5.75 Å². The number of nitrogens with zero attached hydrogens (tertiary/aromatic N) is 2. The highest BCUT2D eigenvalue weighted by atomic mass is 19.4. The standard InChI is InChI=1S/C52H70N8O9.C2HF3O2/c1-30(2)26-40(58-47(64)38(54)28-33-19-21-34(22-20-33)69-52(6,7)8)48(65)56-29-43(61)57-41(27-31(3)4)50(67)59-24-12-18-42(59)51(68)60(49(66)32(5)53)25-13-23-55-39-17-11-16-37-44(39)46(63)36-15-10-9-14-35(36)45(37)62;3-2(4,5)1(6)7/h9-11,14-17,19-22,30-32,38,40-42,55H,12-13,18,23-29,53-54H2,1-8H3,(H,56,65)(H,57,61)(H,58,64);(H,6,7)/t32-,38-,40-,41-,42-;/m0./s1. The van der Waals surface area contributed by atoms with Gasteiger partial charge in [-0.15, -0.1) is 0 Å². The number of imide groups is 1. The van der Waals surface area contributed by atoms with Crippen LogP contribution in [0.15, 0.2) is 66.7 Å². The molecule has 5 atom stereocenters. The highest BCUT2D eigenvalue weighted by Crippen LogP contribution is 2.32. The van der Waals surface area contributed by atoms with Crippen LogP contribution in [0.4, 0.5) is 18.9 Å². The number of halogens is 3. The molecule has 0 radical (unpaired) electrons. The first kappa shape index (κ1) is 61.3. The van der Waals surface area contributed by atoms with Crippen LogP contribution < -0.4 is 37.5 Å². The van der Waals surface area contributed by atoms with Crippen molar-refractivity contribution in [2.24, 2.45) is 23.3 Å². The van der Waals surface area contributed by atoms with Crippen molar-refractivity contribution in [1.82, 2.24) is 25.8 Å². The van der Waals surface area contributed by atoms with Crippen LogP contribution >= 0.6 is 0 Å². The van der Waals surface area contributed by atoms with Crippen molar-refractivity contribution >= 4 is 58.7 Å². The van der Waals surface area contributed by atoms with Crippen molar-refractivity contribution in [2.75, 3.05) is 31.5 Å². The number of aliphatic carboxylic acids is 1. The number of carbonyl (C=O) groups is 9. The van der Waals surface area contributed by atoms with Crippen LogP contribution in [0.1, 0.15) is 125 Å². The minimum absolute atomic E-state index is 0.000339. The Morgan fingerprint density at radius 3 is 1.93 bits per heavy atom. The monoisotopic (exact) mass is 1060 g/mol. The Balaban J connectivity index is 0.00000166. The van der Waals surface area contributed by atoms with Gasteiger partial charge in [-0.2, -0.15) is 13.2 Å². The molecule has 1 fully saturated rings. The molecular weight excluding hydrogens is 994 g/mol. The lowest BCUT2D eigenvalue weighted by Crippen LogP contribution is -2.57. The Labute approximate surface area is 440 Å². The molecule has 2 aliphatic rings. The molecule has 19 nitrogen and oxygen atoms in total. The zero-order valence-electron chi connectivity index (χ0n) is 44.2. The molecule has 3 aromatic rings. The van der Waals surface area contributed by atoms with Gasteiger partial charge in [0.15, 0.2) is 11.6 Å². The maximum Gasteiger partial charge on any atom is 0.490 e. The second-order valence-corrected chi connectivity index (χ2v) is 20.6. The number of carbonyl (C=O) groups excluding carboxylic acids is 8. The van der Waals surface area contributed by atoms with E-state index >= 15 is 0 Å². The van der Waals surface area contributed by atoms with Crippen LogP contribution in [-0.4, -0.2) is 136 Å². The number of likely N-dealkylation sites (tertiary alicyclic amines) is 1. The highest BCUT2D eigenvalue weighted by molar-refractivity contribution is 6.30. The van der Waals surface area contributed by atoms with Gasteiger partial charge in [0.05, 0.1) is 24.2 Å². The highest BCUT2D eigenvalue weighted by Gasteiger charge is 2.42. The second kappa shape index (κ2) is 27.0. The van der Waals surface area contributed by atoms with Gasteiger partial charge in [0.2, 0.25) is 29.5 Å². The first-order valence-electron chi connectivity index (χ1n) is 25.2. The summed E-state index contributed by atoms with van der Waals surface area (Å²) in [5.74, 6) is -6.15. The van der Waals surface area contributed by atoms with E-state index in [1.807, 2.05) is 72.7 Å².